The van der Waals surface area contributed by atoms with Crippen molar-refractivity contribution in [2.24, 2.45) is 0 Å². The maximum absolute atomic E-state index is 5.96. The first-order chi connectivity index (χ1) is 8.18. The Bertz CT molecular complexity index is 387. The molecule has 94 valence electrons. The number of nitrogens with two attached hydrogens (primary N) is 1. The van der Waals surface area contributed by atoms with E-state index in [0.717, 1.165) is 42.0 Å². The smallest absolute Gasteiger partial charge is 0.0892 e. The highest BCUT2D eigenvalue weighted by molar-refractivity contribution is 5.53. The van der Waals surface area contributed by atoms with E-state index in [4.69, 9.17) is 15.2 Å². The van der Waals surface area contributed by atoms with Crippen molar-refractivity contribution in [2.45, 2.75) is 39.4 Å². The minimum Gasteiger partial charge on any atom is -0.398 e. The predicted octanol–water partition coefficient (Wildman–Crippen LogP) is 1.98. The molecule has 1 atom stereocenters. The summed E-state index contributed by atoms with van der Waals surface area (Å²) in [5.41, 5.74) is 9.74. The largest absolute Gasteiger partial charge is 0.398 e. The van der Waals surface area contributed by atoms with Crippen LogP contribution in [0.5, 0.6) is 0 Å². The molecule has 1 aliphatic rings. The van der Waals surface area contributed by atoms with Gasteiger partial charge in [0, 0.05) is 18.5 Å². The third kappa shape index (κ3) is 2.96. The normalized spacial score (nSPS) is 19.8. The molecule has 1 aromatic rings. The number of aromatic nitrogens is 1. The van der Waals surface area contributed by atoms with Gasteiger partial charge >= 0.3 is 0 Å². The number of ether oxygens (including phenoxy) is 2. The summed E-state index contributed by atoms with van der Waals surface area (Å²) in [6.07, 6.45) is 4.30. The maximum Gasteiger partial charge on any atom is 0.0892 e. The summed E-state index contributed by atoms with van der Waals surface area (Å²) in [5.74, 6) is 0. The Morgan fingerprint density at radius 1 is 1.53 bits per heavy atom. The van der Waals surface area contributed by atoms with Crippen LogP contribution in [-0.2, 0) is 16.1 Å². The van der Waals surface area contributed by atoms with Crippen LogP contribution in [0.2, 0.25) is 0 Å². The number of aryl methyl sites for hydroxylation is 1. The van der Waals surface area contributed by atoms with Crippen LogP contribution in [0.4, 0.5) is 5.69 Å². The first-order valence-corrected chi connectivity index (χ1v) is 6.08. The Morgan fingerprint density at radius 3 is 3.06 bits per heavy atom. The van der Waals surface area contributed by atoms with E-state index < -0.39 is 0 Å². The van der Waals surface area contributed by atoms with Gasteiger partial charge in [-0.1, -0.05) is 0 Å². The first-order valence-electron chi connectivity index (χ1n) is 6.08. The van der Waals surface area contributed by atoms with Gasteiger partial charge < -0.3 is 15.2 Å². The second kappa shape index (κ2) is 5.47. The summed E-state index contributed by atoms with van der Waals surface area (Å²) in [4.78, 5) is 4.36. The van der Waals surface area contributed by atoms with Gasteiger partial charge in [-0.2, -0.15) is 0 Å². The quantitative estimate of drug-likeness (QED) is 0.868. The number of nitrogens with zero attached hydrogens (tertiary/aromatic N) is 1. The molecule has 0 aliphatic carbocycles. The van der Waals surface area contributed by atoms with Gasteiger partial charge in [0.1, 0.15) is 0 Å². The van der Waals surface area contributed by atoms with E-state index in [1.807, 2.05) is 13.8 Å². The number of pyridine rings is 1. The number of anilines is 1. The summed E-state index contributed by atoms with van der Waals surface area (Å²) in [5, 5.41) is 0. The molecule has 4 nitrogen and oxygen atoms in total. The van der Waals surface area contributed by atoms with E-state index >= 15 is 0 Å². The molecular formula is C13H20N2O2. The van der Waals surface area contributed by atoms with Crippen molar-refractivity contribution < 1.29 is 9.47 Å². The molecule has 4 heteroatoms. The molecule has 0 amide bonds. The summed E-state index contributed by atoms with van der Waals surface area (Å²) >= 11 is 0. The predicted molar refractivity (Wildman–Crippen MR) is 66.8 cm³/mol. The molecule has 0 radical (unpaired) electrons. The van der Waals surface area contributed by atoms with Crippen LogP contribution in [0.15, 0.2) is 6.20 Å². The van der Waals surface area contributed by atoms with Crippen LogP contribution in [0.25, 0.3) is 0 Å². The van der Waals surface area contributed by atoms with E-state index in [-0.39, 0.29) is 6.10 Å². The van der Waals surface area contributed by atoms with Gasteiger partial charge in [-0.05, 0) is 37.8 Å². The van der Waals surface area contributed by atoms with Gasteiger partial charge in [-0.15, -0.1) is 0 Å². The molecule has 2 N–H and O–H groups in total. The fraction of sp³-hybridized carbons (Fsp3) is 0.615. The first kappa shape index (κ1) is 12.3. The van der Waals surface area contributed by atoms with E-state index in [1.54, 1.807) is 6.20 Å². The van der Waals surface area contributed by atoms with E-state index in [9.17, 15) is 0 Å². The molecule has 0 spiro atoms. The highest BCUT2D eigenvalue weighted by atomic mass is 16.5. The summed E-state index contributed by atoms with van der Waals surface area (Å²) < 4.78 is 11.1. The summed E-state index contributed by atoms with van der Waals surface area (Å²) in [6, 6.07) is 0. The Hall–Kier alpha value is -1.13. The van der Waals surface area contributed by atoms with Crippen molar-refractivity contribution in [3.05, 3.63) is 23.0 Å². The highest BCUT2D eigenvalue weighted by Gasteiger charge is 2.15. The molecule has 1 fully saturated rings. The van der Waals surface area contributed by atoms with Gasteiger partial charge in [0.25, 0.3) is 0 Å². The standard InChI is InChI=1S/C13H20N2O2/c1-9-6-15-12(10(2)13(9)14)8-16-7-11-4-3-5-17-11/h6,11H,3-5,7-8H2,1-2H3,(H2,14,15). The summed E-state index contributed by atoms with van der Waals surface area (Å²) in [7, 11) is 0. The SMILES string of the molecule is Cc1cnc(COCC2CCCO2)c(C)c1N. The van der Waals surface area contributed by atoms with Crippen LogP contribution < -0.4 is 5.73 Å². The van der Waals surface area contributed by atoms with Crippen LogP contribution in [0.3, 0.4) is 0 Å². The van der Waals surface area contributed by atoms with Crippen molar-refractivity contribution in [1.82, 2.24) is 4.98 Å². The van der Waals surface area contributed by atoms with Crippen molar-refractivity contribution in [1.29, 1.82) is 0 Å². The van der Waals surface area contributed by atoms with Crippen molar-refractivity contribution >= 4 is 5.69 Å². The van der Waals surface area contributed by atoms with Crippen molar-refractivity contribution in [3.63, 3.8) is 0 Å². The lowest BCUT2D eigenvalue weighted by Crippen LogP contribution is -2.14. The molecule has 2 heterocycles. The van der Waals surface area contributed by atoms with E-state index in [1.165, 1.54) is 0 Å². The van der Waals surface area contributed by atoms with Gasteiger partial charge in [-0.25, -0.2) is 0 Å². The zero-order valence-corrected chi connectivity index (χ0v) is 10.5. The Kier molecular flexibility index (Phi) is 3.97. The molecule has 1 aliphatic heterocycles. The van der Waals surface area contributed by atoms with Gasteiger partial charge in [0.2, 0.25) is 0 Å². The minimum atomic E-state index is 0.262. The minimum absolute atomic E-state index is 0.262. The third-order valence-electron chi connectivity index (χ3n) is 3.24. The van der Waals surface area contributed by atoms with E-state index in [0.29, 0.717) is 13.2 Å². The van der Waals surface area contributed by atoms with Gasteiger partial charge in [0.05, 0.1) is 25.0 Å². The van der Waals surface area contributed by atoms with Crippen molar-refractivity contribution in [2.75, 3.05) is 18.9 Å². The number of hydrogen-bond donors (Lipinski definition) is 1. The zero-order valence-electron chi connectivity index (χ0n) is 10.5. The fourth-order valence-corrected chi connectivity index (χ4v) is 2.00. The third-order valence-corrected chi connectivity index (χ3v) is 3.24. The number of rotatable bonds is 4. The monoisotopic (exact) mass is 236 g/mol. The molecule has 1 unspecified atom stereocenters. The Morgan fingerprint density at radius 2 is 2.35 bits per heavy atom. The molecule has 0 bridgehead atoms. The topological polar surface area (TPSA) is 57.4 Å². The number of hydrogen-bond acceptors (Lipinski definition) is 4. The van der Waals surface area contributed by atoms with Crippen LogP contribution >= 0.6 is 0 Å². The van der Waals surface area contributed by atoms with Gasteiger partial charge in [-0.3, -0.25) is 4.98 Å². The molecule has 0 aromatic carbocycles. The van der Waals surface area contributed by atoms with Crippen LogP contribution in [0, 0.1) is 13.8 Å². The second-order valence-corrected chi connectivity index (χ2v) is 4.58. The lowest BCUT2D eigenvalue weighted by molar-refractivity contribution is 0.00952. The Labute approximate surface area is 102 Å². The Balaban J connectivity index is 1.88. The molecule has 0 saturated carbocycles. The molecule has 1 aromatic heterocycles. The highest BCUT2D eigenvalue weighted by Crippen LogP contribution is 2.19. The lowest BCUT2D eigenvalue weighted by atomic mass is 10.1. The van der Waals surface area contributed by atoms with Gasteiger partial charge in [0.15, 0.2) is 0 Å². The average molecular weight is 236 g/mol. The molecule has 1 saturated heterocycles. The molecule has 2 rings (SSSR count). The fourth-order valence-electron chi connectivity index (χ4n) is 2.00. The van der Waals surface area contributed by atoms with E-state index in [2.05, 4.69) is 4.98 Å². The summed E-state index contributed by atoms with van der Waals surface area (Å²) in [6.45, 7) is 5.97. The number of nitrogen functional groups attached to an aromatic ring is 1. The maximum atomic E-state index is 5.96. The molecule has 17 heavy (non-hydrogen) atoms. The molecular weight excluding hydrogens is 216 g/mol. The van der Waals surface area contributed by atoms with Crippen LogP contribution in [-0.4, -0.2) is 24.3 Å². The van der Waals surface area contributed by atoms with Crippen molar-refractivity contribution in [3.8, 4) is 0 Å². The average Bonchev–Trinajstić information content (AvgIpc) is 2.82. The van der Waals surface area contributed by atoms with Crippen LogP contribution in [0.1, 0.15) is 29.7 Å². The second-order valence-electron chi connectivity index (χ2n) is 4.58. The lowest BCUT2D eigenvalue weighted by Gasteiger charge is -2.12. The zero-order chi connectivity index (χ0) is 12.3.